The molecule has 0 saturated carbocycles. The van der Waals surface area contributed by atoms with Crippen molar-refractivity contribution in [2.45, 2.75) is 12.7 Å². The van der Waals surface area contributed by atoms with E-state index >= 15 is 0 Å². The molecule has 2 aromatic heterocycles. The molecule has 0 aliphatic rings. The quantitative estimate of drug-likeness (QED) is 0.729. The number of rotatable bonds is 6. The van der Waals surface area contributed by atoms with Gasteiger partial charge in [0.15, 0.2) is 10.8 Å². The molecule has 0 saturated heterocycles. The maximum absolute atomic E-state index is 12.2. The maximum atomic E-state index is 12.2. The van der Waals surface area contributed by atoms with Crippen LogP contribution < -0.4 is 5.32 Å². The molecule has 24 heavy (non-hydrogen) atoms. The first-order valence-electron chi connectivity index (χ1n) is 7.30. The number of thiazole rings is 1. The van der Waals surface area contributed by atoms with Crippen LogP contribution in [0.1, 0.15) is 11.3 Å². The van der Waals surface area contributed by atoms with E-state index in [1.54, 1.807) is 12.3 Å². The number of anilines is 1. The summed E-state index contributed by atoms with van der Waals surface area (Å²) >= 11 is 1.43. The van der Waals surface area contributed by atoms with Crippen LogP contribution in [-0.4, -0.2) is 20.9 Å². The summed E-state index contributed by atoms with van der Waals surface area (Å²) in [5.74, 6) is 0.620. The zero-order chi connectivity index (χ0) is 16.9. The molecule has 3 rings (SSSR count). The average molecular weight is 360 g/mol. The second-order valence-electron chi connectivity index (χ2n) is 5.27. The number of benzene rings is 1. The maximum Gasteiger partial charge on any atom is 0.237 e. The summed E-state index contributed by atoms with van der Waals surface area (Å²) in [6, 6.07) is 11.1. The van der Waals surface area contributed by atoms with Gasteiger partial charge in [-0.25, -0.2) is 4.98 Å². The fourth-order valence-corrected chi connectivity index (χ4v) is 4.00. The van der Waals surface area contributed by atoms with Gasteiger partial charge in [-0.15, -0.1) is 11.3 Å². The standard InChI is InChI=1S/C17H16N2O3S2/c1-12-4-2-5-13(8-12)18-16(20)11-24(21)10-14-9-23-17(19-14)15-6-3-7-22-15/h2-9H,10-11H2,1H3,(H,18,20)/t24-/m0/s1. The number of hydrogen-bond donors (Lipinski definition) is 1. The van der Waals surface area contributed by atoms with Crippen molar-refractivity contribution in [1.82, 2.24) is 4.98 Å². The fourth-order valence-electron chi connectivity index (χ4n) is 2.17. The van der Waals surface area contributed by atoms with Crippen LogP contribution in [0, 0.1) is 6.92 Å². The average Bonchev–Trinajstić information content (AvgIpc) is 3.17. The highest BCUT2D eigenvalue weighted by Crippen LogP contribution is 2.24. The molecule has 1 amide bonds. The lowest BCUT2D eigenvalue weighted by Gasteiger charge is -2.05. The summed E-state index contributed by atoms with van der Waals surface area (Å²) in [5.41, 5.74) is 2.47. The summed E-state index contributed by atoms with van der Waals surface area (Å²) in [7, 11) is -1.31. The van der Waals surface area contributed by atoms with Gasteiger partial charge in [0.1, 0.15) is 5.75 Å². The summed E-state index contributed by atoms with van der Waals surface area (Å²) < 4.78 is 17.5. The highest BCUT2D eigenvalue weighted by Gasteiger charge is 2.13. The molecule has 0 aliphatic heterocycles. The predicted molar refractivity (Wildman–Crippen MR) is 96.3 cm³/mol. The number of carbonyl (C=O) groups excluding carboxylic acids is 1. The van der Waals surface area contributed by atoms with Gasteiger partial charge < -0.3 is 9.73 Å². The molecule has 3 aromatic rings. The van der Waals surface area contributed by atoms with Gasteiger partial charge in [0.05, 0.1) is 17.7 Å². The van der Waals surface area contributed by atoms with Crippen LogP contribution >= 0.6 is 11.3 Å². The molecule has 1 atom stereocenters. The molecule has 5 nitrogen and oxygen atoms in total. The van der Waals surface area contributed by atoms with Crippen LogP contribution in [0.4, 0.5) is 5.69 Å². The van der Waals surface area contributed by atoms with E-state index in [0.717, 1.165) is 10.6 Å². The van der Waals surface area contributed by atoms with E-state index in [0.29, 0.717) is 17.1 Å². The molecule has 0 bridgehead atoms. The Labute approximate surface area is 146 Å². The number of nitrogens with zero attached hydrogens (tertiary/aromatic N) is 1. The van der Waals surface area contributed by atoms with E-state index < -0.39 is 10.8 Å². The van der Waals surface area contributed by atoms with E-state index in [1.807, 2.05) is 42.6 Å². The second-order valence-corrected chi connectivity index (χ2v) is 7.58. The molecule has 0 radical (unpaired) electrons. The van der Waals surface area contributed by atoms with Crippen molar-refractivity contribution in [3.63, 3.8) is 0 Å². The normalized spacial score (nSPS) is 12.0. The van der Waals surface area contributed by atoms with Gasteiger partial charge in [-0.05, 0) is 36.8 Å². The first kappa shape index (κ1) is 16.6. The molecule has 1 aromatic carbocycles. The monoisotopic (exact) mass is 360 g/mol. The van der Waals surface area contributed by atoms with Crippen LogP contribution in [0.5, 0.6) is 0 Å². The van der Waals surface area contributed by atoms with Crippen molar-refractivity contribution in [3.05, 3.63) is 59.3 Å². The third-order valence-corrected chi connectivity index (χ3v) is 5.29. The van der Waals surface area contributed by atoms with Crippen molar-refractivity contribution >= 4 is 33.7 Å². The second kappa shape index (κ2) is 7.55. The number of amides is 1. The van der Waals surface area contributed by atoms with Crippen LogP contribution in [0.2, 0.25) is 0 Å². The first-order valence-corrected chi connectivity index (χ1v) is 9.67. The molecule has 0 spiro atoms. The molecule has 0 aliphatic carbocycles. The third-order valence-electron chi connectivity index (χ3n) is 3.19. The Bertz CT molecular complexity index is 856. The van der Waals surface area contributed by atoms with E-state index in [1.165, 1.54) is 11.3 Å². The fraction of sp³-hybridized carbons (Fsp3) is 0.176. The van der Waals surface area contributed by atoms with Crippen molar-refractivity contribution in [2.24, 2.45) is 0 Å². The zero-order valence-electron chi connectivity index (χ0n) is 13.0. The first-order chi connectivity index (χ1) is 11.6. The van der Waals surface area contributed by atoms with Crippen molar-refractivity contribution < 1.29 is 13.4 Å². The summed E-state index contributed by atoms with van der Waals surface area (Å²) in [6.45, 7) is 1.95. The van der Waals surface area contributed by atoms with Gasteiger partial charge >= 0.3 is 0 Å². The lowest BCUT2D eigenvalue weighted by Crippen LogP contribution is -2.20. The zero-order valence-corrected chi connectivity index (χ0v) is 14.7. The number of furan rings is 1. The summed E-state index contributed by atoms with van der Waals surface area (Å²) in [4.78, 5) is 16.4. The Morgan fingerprint density at radius 3 is 2.96 bits per heavy atom. The number of nitrogens with one attached hydrogen (secondary N) is 1. The number of aryl methyl sites for hydroxylation is 1. The Morgan fingerprint density at radius 2 is 2.21 bits per heavy atom. The molecule has 124 valence electrons. The molecule has 7 heteroatoms. The Balaban J connectivity index is 1.54. The van der Waals surface area contributed by atoms with Gasteiger partial charge in [-0.3, -0.25) is 9.00 Å². The van der Waals surface area contributed by atoms with Crippen molar-refractivity contribution in [2.75, 3.05) is 11.1 Å². The molecule has 2 heterocycles. The summed E-state index contributed by atoms with van der Waals surface area (Å²) in [6.07, 6.45) is 1.59. The Hall–Kier alpha value is -2.25. The third kappa shape index (κ3) is 4.39. The predicted octanol–water partition coefficient (Wildman–Crippen LogP) is 3.60. The topological polar surface area (TPSA) is 72.2 Å². The van der Waals surface area contributed by atoms with Gasteiger partial charge in [0, 0.05) is 21.9 Å². The largest absolute Gasteiger partial charge is 0.462 e. The minimum Gasteiger partial charge on any atom is -0.462 e. The van der Waals surface area contributed by atoms with Gasteiger partial charge in [-0.1, -0.05) is 12.1 Å². The highest BCUT2D eigenvalue weighted by atomic mass is 32.2. The number of carbonyl (C=O) groups is 1. The minimum atomic E-state index is -1.31. The van der Waals surface area contributed by atoms with E-state index in [2.05, 4.69) is 10.3 Å². The molecule has 1 N–H and O–H groups in total. The summed E-state index contributed by atoms with van der Waals surface area (Å²) in [5, 5.41) is 5.35. The van der Waals surface area contributed by atoms with Crippen LogP contribution in [0.3, 0.4) is 0 Å². The smallest absolute Gasteiger partial charge is 0.237 e. The lowest BCUT2D eigenvalue weighted by molar-refractivity contribution is -0.113. The van der Waals surface area contributed by atoms with E-state index in [4.69, 9.17) is 4.42 Å². The van der Waals surface area contributed by atoms with Crippen LogP contribution in [0.15, 0.2) is 52.5 Å². The minimum absolute atomic E-state index is 0.0540. The van der Waals surface area contributed by atoms with Gasteiger partial charge in [0.25, 0.3) is 0 Å². The molecular weight excluding hydrogens is 344 g/mol. The van der Waals surface area contributed by atoms with Crippen molar-refractivity contribution in [3.8, 4) is 10.8 Å². The van der Waals surface area contributed by atoms with Gasteiger partial charge in [0.2, 0.25) is 5.91 Å². The Kier molecular flexibility index (Phi) is 5.22. The number of hydrogen-bond acceptors (Lipinski definition) is 5. The van der Waals surface area contributed by atoms with Crippen LogP contribution in [0.25, 0.3) is 10.8 Å². The highest BCUT2D eigenvalue weighted by molar-refractivity contribution is 7.84. The van der Waals surface area contributed by atoms with Crippen LogP contribution in [-0.2, 0) is 21.3 Å². The van der Waals surface area contributed by atoms with E-state index in [-0.39, 0.29) is 17.4 Å². The molecular formula is C17H16N2O3S2. The number of aromatic nitrogens is 1. The Morgan fingerprint density at radius 1 is 1.33 bits per heavy atom. The SMILES string of the molecule is Cc1cccc(NC(=O)C[S@@](=O)Cc2csc(-c3ccco3)n2)c1. The van der Waals surface area contributed by atoms with E-state index in [9.17, 15) is 9.00 Å². The lowest BCUT2D eigenvalue weighted by atomic mass is 10.2. The molecule has 0 unspecified atom stereocenters. The van der Waals surface area contributed by atoms with Crippen molar-refractivity contribution in [1.29, 1.82) is 0 Å². The molecule has 0 fully saturated rings. The van der Waals surface area contributed by atoms with Gasteiger partial charge in [-0.2, -0.15) is 0 Å².